The Kier molecular flexibility index (Phi) is 5.25. The van der Waals surface area contributed by atoms with Gasteiger partial charge < -0.3 is 19.7 Å². The number of phenols is 1. The molecule has 120 valence electrons. The molecule has 0 aliphatic heterocycles. The van der Waals surface area contributed by atoms with Gasteiger partial charge in [-0.1, -0.05) is 24.3 Å². The van der Waals surface area contributed by atoms with Gasteiger partial charge in [0.1, 0.15) is 5.75 Å². The number of phenolic OH excluding ortho intramolecular Hbond substituents is 1. The number of benzene rings is 2. The first-order valence-electron chi connectivity index (χ1n) is 7.11. The molecule has 2 aromatic carbocycles. The van der Waals surface area contributed by atoms with E-state index < -0.39 is 5.97 Å². The maximum Gasteiger partial charge on any atom is 0.336 e. The van der Waals surface area contributed by atoms with Crippen LogP contribution in [0.1, 0.15) is 18.1 Å². The van der Waals surface area contributed by atoms with Gasteiger partial charge in [0.25, 0.3) is 0 Å². The largest absolute Gasteiger partial charge is 0.508 e. The predicted octanol–water partition coefficient (Wildman–Crippen LogP) is 3.42. The normalized spacial score (nSPS) is 11.1. The molecular weight excluding hydrogens is 296 g/mol. The molecule has 5 heteroatoms. The molecule has 0 amide bonds. The Morgan fingerprint density at radius 2 is 1.87 bits per heavy atom. The van der Waals surface area contributed by atoms with E-state index >= 15 is 0 Å². The van der Waals surface area contributed by atoms with Crippen LogP contribution >= 0.6 is 0 Å². The summed E-state index contributed by atoms with van der Waals surface area (Å²) < 4.78 is 10.9. The first-order chi connectivity index (χ1) is 11.1. The SMILES string of the molecule is CCOc1c(/C=C(\C(=O)O)c2ccc(O)cc2)cccc1OC. The molecule has 2 N–H and O–H groups in total. The molecule has 0 saturated heterocycles. The highest BCUT2D eigenvalue weighted by molar-refractivity contribution is 6.20. The summed E-state index contributed by atoms with van der Waals surface area (Å²) in [7, 11) is 1.53. The van der Waals surface area contributed by atoms with Crippen molar-refractivity contribution in [2.45, 2.75) is 6.92 Å². The first-order valence-corrected chi connectivity index (χ1v) is 7.11. The van der Waals surface area contributed by atoms with Crippen molar-refractivity contribution in [3.8, 4) is 17.2 Å². The van der Waals surface area contributed by atoms with Gasteiger partial charge in [0.05, 0.1) is 19.3 Å². The second kappa shape index (κ2) is 7.35. The van der Waals surface area contributed by atoms with Gasteiger partial charge in [-0.05, 0) is 36.8 Å². The summed E-state index contributed by atoms with van der Waals surface area (Å²) in [6.45, 7) is 2.28. The highest BCUT2D eigenvalue weighted by atomic mass is 16.5. The monoisotopic (exact) mass is 314 g/mol. The fourth-order valence-corrected chi connectivity index (χ4v) is 2.17. The van der Waals surface area contributed by atoms with Crippen molar-refractivity contribution in [1.82, 2.24) is 0 Å². The molecule has 2 aromatic rings. The lowest BCUT2D eigenvalue weighted by atomic mass is 10.0. The van der Waals surface area contributed by atoms with Gasteiger partial charge in [0, 0.05) is 5.56 Å². The van der Waals surface area contributed by atoms with Crippen molar-refractivity contribution in [3.05, 3.63) is 53.6 Å². The number of ether oxygens (including phenoxy) is 2. The minimum absolute atomic E-state index is 0.0786. The van der Waals surface area contributed by atoms with Crippen LogP contribution in [-0.4, -0.2) is 29.9 Å². The summed E-state index contributed by atoms with van der Waals surface area (Å²) in [6.07, 6.45) is 1.53. The summed E-state index contributed by atoms with van der Waals surface area (Å²) >= 11 is 0. The summed E-state index contributed by atoms with van der Waals surface area (Å²) in [5.74, 6) is 0.0434. The van der Waals surface area contributed by atoms with Gasteiger partial charge in [-0.2, -0.15) is 0 Å². The van der Waals surface area contributed by atoms with E-state index in [1.165, 1.54) is 25.3 Å². The van der Waals surface area contributed by atoms with Crippen LogP contribution in [0.5, 0.6) is 17.2 Å². The number of rotatable bonds is 6. The second-order valence-electron chi connectivity index (χ2n) is 4.72. The van der Waals surface area contributed by atoms with Gasteiger partial charge in [-0.25, -0.2) is 4.79 Å². The highest BCUT2D eigenvalue weighted by Gasteiger charge is 2.14. The van der Waals surface area contributed by atoms with Crippen LogP contribution in [0.15, 0.2) is 42.5 Å². The lowest BCUT2D eigenvalue weighted by Gasteiger charge is -2.13. The zero-order valence-corrected chi connectivity index (χ0v) is 12.9. The molecule has 0 aliphatic rings. The topological polar surface area (TPSA) is 76.0 Å². The van der Waals surface area contributed by atoms with Crippen molar-refractivity contribution in [2.24, 2.45) is 0 Å². The minimum Gasteiger partial charge on any atom is -0.508 e. The van der Waals surface area contributed by atoms with Crippen molar-refractivity contribution in [3.63, 3.8) is 0 Å². The molecule has 0 heterocycles. The highest BCUT2D eigenvalue weighted by Crippen LogP contribution is 2.34. The van der Waals surface area contributed by atoms with E-state index in [0.29, 0.717) is 29.2 Å². The van der Waals surface area contributed by atoms with Gasteiger partial charge in [0.2, 0.25) is 0 Å². The van der Waals surface area contributed by atoms with Crippen LogP contribution in [0.3, 0.4) is 0 Å². The maximum absolute atomic E-state index is 11.6. The van der Waals surface area contributed by atoms with Gasteiger partial charge >= 0.3 is 5.97 Å². The van der Waals surface area contributed by atoms with Crippen LogP contribution < -0.4 is 9.47 Å². The Bertz CT molecular complexity index is 717. The van der Waals surface area contributed by atoms with Crippen molar-refractivity contribution in [2.75, 3.05) is 13.7 Å². The molecule has 0 spiro atoms. The molecule has 5 nitrogen and oxygen atoms in total. The molecule has 0 aliphatic carbocycles. The number of aliphatic carboxylic acids is 1. The quantitative estimate of drug-likeness (QED) is 0.631. The molecule has 0 fully saturated rings. The molecule has 0 bridgehead atoms. The number of aromatic hydroxyl groups is 1. The first kappa shape index (κ1) is 16.4. The number of methoxy groups -OCH3 is 1. The molecular formula is C18H18O5. The Balaban J connectivity index is 2.56. The van der Waals surface area contributed by atoms with Crippen molar-refractivity contribution < 1.29 is 24.5 Å². The maximum atomic E-state index is 11.6. The van der Waals surface area contributed by atoms with E-state index in [0.717, 1.165) is 0 Å². The number of hydrogen-bond acceptors (Lipinski definition) is 4. The average molecular weight is 314 g/mol. The molecule has 0 radical (unpaired) electrons. The minimum atomic E-state index is -1.07. The number of para-hydroxylation sites is 1. The van der Waals surface area contributed by atoms with E-state index in [4.69, 9.17) is 9.47 Å². The third-order valence-electron chi connectivity index (χ3n) is 3.23. The van der Waals surface area contributed by atoms with E-state index in [9.17, 15) is 15.0 Å². The molecule has 0 saturated carbocycles. The van der Waals surface area contributed by atoms with Crippen LogP contribution in [-0.2, 0) is 4.79 Å². The molecule has 0 unspecified atom stereocenters. The second-order valence-corrected chi connectivity index (χ2v) is 4.72. The van der Waals surface area contributed by atoms with E-state index in [-0.39, 0.29) is 11.3 Å². The third kappa shape index (κ3) is 3.83. The Hall–Kier alpha value is -2.95. The van der Waals surface area contributed by atoms with Crippen LogP contribution in [0.25, 0.3) is 11.6 Å². The standard InChI is InChI=1S/C18H18O5/c1-3-23-17-13(5-4-6-16(17)22-2)11-15(18(20)21)12-7-9-14(19)10-8-12/h4-11,19H,3H2,1-2H3,(H,20,21)/b15-11-. The summed E-state index contributed by atoms with van der Waals surface area (Å²) in [4.78, 5) is 11.6. The Morgan fingerprint density at radius 3 is 2.43 bits per heavy atom. The van der Waals surface area contributed by atoms with E-state index in [1.54, 1.807) is 30.3 Å². The Morgan fingerprint density at radius 1 is 1.17 bits per heavy atom. The zero-order valence-electron chi connectivity index (χ0n) is 12.9. The van der Waals surface area contributed by atoms with Crippen molar-refractivity contribution >= 4 is 17.6 Å². The summed E-state index contributed by atoms with van der Waals surface area (Å²) in [5.41, 5.74) is 1.19. The molecule has 0 atom stereocenters. The van der Waals surface area contributed by atoms with Crippen LogP contribution in [0, 0.1) is 0 Å². The lowest BCUT2D eigenvalue weighted by Crippen LogP contribution is -2.01. The smallest absolute Gasteiger partial charge is 0.336 e. The van der Waals surface area contributed by atoms with E-state index in [2.05, 4.69) is 0 Å². The van der Waals surface area contributed by atoms with Gasteiger partial charge in [-0.3, -0.25) is 0 Å². The molecule has 0 aromatic heterocycles. The summed E-state index contributed by atoms with van der Waals surface area (Å²) in [5, 5.41) is 18.8. The number of carboxylic acids is 1. The predicted molar refractivity (Wildman–Crippen MR) is 87.8 cm³/mol. The fourth-order valence-electron chi connectivity index (χ4n) is 2.17. The fraction of sp³-hybridized carbons (Fsp3) is 0.167. The lowest BCUT2D eigenvalue weighted by molar-refractivity contribution is -0.130. The average Bonchev–Trinajstić information content (AvgIpc) is 2.54. The van der Waals surface area contributed by atoms with Crippen molar-refractivity contribution in [1.29, 1.82) is 0 Å². The number of hydrogen-bond donors (Lipinski definition) is 2. The molecule has 2 rings (SSSR count). The van der Waals surface area contributed by atoms with Crippen LogP contribution in [0.4, 0.5) is 0 Å². The molecule has 23 heavy (non-hydrogen) atoms. The van der Waals surface area contributed by atoms with Gasteiger partial charge in [-0.15, -0.1) is 0 Å². The Labute approximate surface area is 134 Å². The van der Waals surface area contributed by atoms with Gasteiger partial charge in [0.15, 0.2) is 11.5 Å². The van der Waals surface area contributed by atoms with Crippen LogP contribution in [0.2, 0.25) is 0 Å². The summed E-state index contributed by atoms with van der Waals surface area (Å²) in [6, 6.07) is 11.3. The third-order valence-corrected chi connectivity index (χ3v) is 3.23. The zero-order chi connectivity index (χ0) is 16.8. The number of carbonyl (C=O) groups is 1. The van der Waals surface area contributed by atoms with E-state index in [1.807, 2.05) is 6.92 Å². The number of carboxylic acid groups (broad SMARTS) is 1.